The van der Waals surface area contributed by atoms with Gasteiger partial charge in [0.05, 0.1) is 0 Å². The normalized spacial score (nSPS) is 0. The summed E-state index contributed by atoms with van der Waals surface area (Å²) >= 11 is 0. The van der Waals surface area contributed by atoms with Crippen molar-refractivity contribution >= 4 is 34.7 Å². The van der Waals surface area contributed by atoms with E-state index >= 15 is 0 Å². The van der Waals surface area contributed by atoms with E-state index in [9.17, 15) is 0 Å². The van der Waals surface area contributed by atoms with Gasteiger partial charge < -0.3 is 27.4 Å². The molecular formula is H16Al2Co2Fe3NiO5. The SMILES string of the molecule is O.O.O.O.O.[AlH3].[AlH3].[Co].[Co].[Fe].[Fe].[Fe].[Ni]. The van der Waals surface area contributed by atoms with Gasteiger partial charge in [0.25, 0.3) is 0 Å². The van der Waals surface area contributed by atoms with E-state index < -0.39 is 0 Å². The van der Waals surface area contributed by atoms with Gasteiger partial charge in [-0.3, -0.25) is 0 Å². The van der Waals surface area contributed by atoms with E-state index in [-0.39, 0.29) is 163 Å². The Balaban J connectivity index is 0. The van der Waals surface area contributed by atoms with Crippen molar-refractivity contribution in [3.8, 4) is 0 Å². The maximum absolute atomic E-state index is 0. The topological polar surface area (TPSA) is 158 Å². The summed E-state index contributed by atoms with van der Waals surface area (Å²) in [5.74, 6) is 0. The van der Waals surface area contributed by atoms with E-state index in [0.717, 1.165) is 0 Å². The zero-order valence-corrected chi connectivity index (χ0v) is 10.9. The van der Waals surface area contributed by atoms with E-state index in [0.29, 0.717) is 0 Å². The van der Waals surface area contributed by atoms with Crippen LogP contribution in [0.25, 0.3) is 0 Å². The molecule has 0 bridgehead atoms. The third-order valence-electron chi connectivity index (χ3n) is 0. The van der Waals surface area contributed by atoms with Gasteiger partial charge in [0.15, 0.2) is 34.7 Å². The molecule has 0 spiro atoms. The standard InChI is InChI=1S/2Al.2Co.3Fe.Ni.5H2O.6H/h;;;;;;;;5*1H2;;;;;;. The molecule has 0 heterocycles. The largest absolute Gasteiger partial charge is 0.412 e. The minimum atomic E-state index is 0. The van der Waals surface area contributed by atoms with Crippen LogP contribution < -0.4 is 0 Å². The van der Waals surface area contributed by atoms with Gasteiger partial charge in [-0.15, -0.1) is 0 Å². The second-order valence-electron chi connectivity index (χ2n) is 0. The van der Waals surface area contributed by atoms with E-state index in [1.165, 1.54) is 0 Å². The summed E-state index contributed by atoms with van der Waals surface area (Å²) in [5.41, 5.74) is 0. The summed E-state index contributed by atoms with van der Waals surface area (Å²) in [6.07, 6.45) is 0. The van der Waals surface area contributed by atoms with Crippen molar-refractivity contribution in [2.24, 2.45) is 0 Å². The number of rotatable bonds is 0. The van der Waals surface area contributed by atoms with Gasteiger partial charge in [-0.05, 0) is 0 Å². The molecule has 0 saturated carbocycles. The Bertz CT molecular complexity index is 27.7. The van der Waals surface area contributed by atoms with Crippen LogP contribution in [0, 0.1) is 0 Å². The van der Waals surface area contributed by atoms with E-state index in [1.807, 2.05) is 0 Å². The van der Waals surface area contributed by atoms with Gasteiger partial charge in [-0.2, -0.15) is 0 Å². The van der Waals surface area contributed by atoms with E-state index in [2.05, 4.69) is 0 Å². The fourth-order valence-electron chi connectivity index (χ4n) is 0. The third-order valence-corrected chi connectivity index (χ3v) is 0. The zero-order valence-electron chi connectivity index (χ0n) is 4.54. The molecule has 0 unspecified atom stereocenters. The van der Waals surface area contributed by atoms with Gasteiger partial charge in [-0.1, -0.05) is 0 Å². The van der Waals surface area contributed by atoms with Crippen LogP contribution in [-0.2, 0) is 101 Å². The van der Waals surface area contributed by atoms with Gasteiger partial charge in [0, 0.05) is 101 Å². The fourth-order valence-corrected chi connectivity index (χ4v) is 0. The van der Waals surface area contributed by atoms with E-state index in [1.54, 1.807) is 0 Å². The summed E-state index contributed by atoms with van der Waals surface area (Å²) in [4.78, 5) is 0. The Morgan fingerprint density at radius 2 is 0.385 bits per heavy atom. The summed E-state index contributed by atoms with van der Waals surface area (Å²) in [5, 5.41) is 0. The second-order valence-corrected chi connectivity index (χ2v) is 0. The molecule has 5 nitrogen and oxygen atoms in total. The molecule has 0 fully saturated rings. The Labute approximate surface area is 161 Å². The van der Waals surface area contributed by atoms with Gasteiger partial charge in [0.2, 0.25) is 0 Å². The Hall–Kier alpha value is 3.93. The van der Waals surface area contributed by atoms with Crippen molar-refractivity contribution in [3.63, 3.8) is 0 Å². The molecular weight excluding hydrogens is 478 g/mol. The molecule has 13 heavy (non-hydrogen) atoms. The predicted octanol–water partition coefficient (Wildman–Crippen LogP) is -6.51. The van der Waals surface area contributed by atoms with Crippen LogP contribution in [0.4, 0.5) is 0 Å². The van der Waals surface area contributed by atoms with Crippen LogP contribution in [0.3, 0.4) is 0 Å². The molecule has 104 valence electrons. The average Bonchev–Trinajstić information content (AvgIpc) is 0. The van der Waals surface area contributed by atoms with Gasteiger partial charge >= 0.3 is 0 Å². The first kappa shape index (κ1) is 278. The minimum absolute atomic E-state index is 0. The smallest absolute Gasteiger partial charge is 0.187 e. The Kier molecular flexibility index (Phi) is 4920. The first-order chi connectivity index (χ1) is 0. The minimum Gasteiger partial charge on any atom is -0.412 e. The van der Waals surface area contributed by atoms with Crippen molar-refractivity contribution in [2.45, 2.75) is 0 Å². The second kappa shape index (κ2) is 230. The average molecular weight is 494 g/mol. The molecule has 0 aromatic heterocycles. The van der Waals surface area contributed by atoms with Gasteiger partial charge in [0.1, 0.15) is 0 Å². The van der Waals surface area contributed by atoms with Crippen molar-refractivity contribution in [1.82, 2.24) is 0 Å². The van der Waals surface area contributed by atoms with Gasteiger partial charge in [-0.25, -0.2) is 0 Å². The Morgan fingerprint density at radius 3 is 0.385 bits per heavy atom. The molecule has 2 radical (unpaired) electrons. The predicted molar refractivity (Wildman–Crippen MR) is 37.9 cm³/mol. The summed E-state index contributed by atoms with van der Waals surface area (Å²) in [6.45, 7) is 0. The molecule has 0 saturated heterocycles. The summed E-state index contributed by atoms with van der Waals surface area (Å²) in [6, 6.07) is 0. The summed E-state index contributed by atoms with van der Waals surface area (Å²) < 4.78 is 0. The molecule has 0 atom stereocenters. The molecule has 0 amide bonds. The van der Waals surface area contributed by atoms with Crippen LogP contribution >= 0.6 is 0 Å². The maximum Gasteiger partial charge on any atom is 0.187 e. The number of hydrogen-bond acceptors (Lipinski definition) is 0. The molecule has 0 aromatic carbocycles. The zero-order chi connectivity index (χ0) is 0. The quantitative estimate of drug-likeness (QED) is 0.294. The summed E-state index contributed by atoms with van der Waals surface area (Å²) in [7, 11) is 0. The molecule has 0 rings (SSSR count). The molecule has 0 aliphatic heterocycles. The molecule has 0 aliphatic rings. The maximum atomic E-state index is 0. The van der Waals surface area contributed by atoms with Crippen molar-refractivity contribution in [2.75, 3.05) is 0 Å². The molecule has 0 aliphatic carbocycles. The van der Waals surface area contributed by atoms with Crippen LogP contribution in [0.5, 0.6) is 0 Å². The third kappa shape index (κ3) is 200. The fraction of sp³-hybridized carbons (Fsp3) is 0. The van der Waals surface area contributed by atoms with Crippen LogP contribution in [0.15, 0.2) is 0 Å². The molecule has 0 aromatic rings. The van der Waals surface area contributed by atoms with Crippen LogP contribution in [0.2, 0.25) is 0 Å². The number of hydrogen-bond donors (Lipinski definition) is 0. The van der Waals surface area contributed by atoms with E-state index in [4.69, 9.17) is 0 Å². The van der Waals surface area contributed by atoms with Crippen LogP contribution in [0.1, 0.15) is 0 Å². The van der Waals surface area contributed by atoms with Crippen molar-refractivity contribution in [1.29, 1.82) is 0 Å². The first-order valence-electron chi connectivity index (χ1n) is 0. The Morgan fingerprint density at radius 1 is 0.385 bits per heavy atom. The van der Waals surface area contributed by atoms with Crippen LogP contribution in [-0.4, -0.2) is 62.1 Å². The molecule has 10 N–H and O–H groups in total. The monoisotopic (exact) mass is 494 g/mol. The van der Waals surface area contributed by atoms with Crippen molar-refractivity contribution in [3.05, 3.63) is 0 Å². The van der Waals surface area contributed by atoms with Crippen molar-refractivity contribution < 1.29 is 129 Å². The molecule has 13 heteroatoms. The first-order valence-corrected chi connectivity index (χ1v) is 0.